The number of aromatic nitrogens is 2. The first-order chi connectivity index (χ1) is 11.3. The predicted octanol–water partition coefficient (Wildman–Crippen LogP) is 0.936. The van der Waals surface area contributed by atoms with Gasteiger partial charge in [0.2, 0.25) is 12.4 Å². The largest absolute Gasteiger partial charge is 0.395 e. The van der Waals surface area contributed by atoms with Crippen LogP contribution in [-0.2, 0) is 11.2 Å². The van der Waals surface area contributed by atoms with Gasteiger partial charge in [-0.3, -0.25) is 4.79 Å². The minimum Gasteiger partial charge on any atom is -0.395 e. The molecule has 0 bridgehead atoms. The molecule has 0 atom stereocenters. The molecule has 1 aliphatic heterocycles. The van der Waals surface area contributed by atoms with Crippen molar-refractivity contribution in [3.05, 3.63) is 10.9 Å². The molecule has 0 saturated carbocycles. The molecule has 3 heterocycles. The number of amides is 1. The number of carbonyl (C=O) groups excluding carboxylic acids is 1. The third-order valence-corrected chi connectivity index (χ3v) is 4.95. The van der Waals surface area contributed by atoms with Crippen molar-refractivity contribution in [2.75, 3.05) is 49.5 Å². The summed E-state index contributed by atoms with van der Waals surface area (Å²) in [5.41, 5.74) is 1.22. The van der Waals surface area contributed by atoms with Gasteiger partial charge in [0.05, 0.1) is 12.0 Å². The van der Waals surface area contributed by atoms with E-state index in [9.17, 15) is 4.79 Å². The zero-order chi connectivity index (χ0) is 16.2. The van der Waals surface area contributed by atoms with Gasteiger partial charge >= 0.3 is 0 Å². The molecule has 0 aliphatic carbocycles. The van der Waals surface area contributed by atoms with E-state index in [0.29, 0.717) is 25.6 Å². The molecule has 0 aromatic carbocycles. The van der Waals surface area contributed by atoms with E-state index in [2.05, 4.69) is 27.5 Å². The number of hydrogen-bond acceptors (Lipinski definition) is 7. The highest BCUT2D eigenvalue weighted by Crippen LogP contribution is 2.32. The number of nitrogens with zero attached hydrogens (tertiary/aromatic N) is 4. The van der Waals surface area contributed by atoms with Crippen LogP contribution in [0.25, 0.3) is 10.2 Å². The van der Waals surface area contributed by atoms with E-state index < -0.39 is 0 Å². The van der Waals surface area contributed by atoms with Crippen molar-refractivity contribution in [2.24, 2.45) is 0 Å². The van der Waals surface area contributed by atoms with Crippen LogP contribution in [0.1, 0.15) is 12.5 Å². The van der Waals surface area contributed by atoms with Crippen molar-refractivity contribution in [2.45, 2.75) is 13.3 Å². The highest BCUT2D eigenvalue weighted by Gasteiger charge is 2.20. The minimum atomic E-state index is 0.0600. The highest BCUT2D eigenvalue weighted by atomic mass is 32.1. The molecule has 0 unspecified atom stereocenters. The van der Waals surface area contributed by atoms with Crippen molar-refractivity contribution in [3.63, 3.8) is 0 Å². The number of anilines is 2. The zero-order valence-electron chi connectivity index (χ0n) is 13.2. The molecule has 1 fully saturated rings. The highest BCUT2D eigenvalue weighted by molar-refractivity contribution is 7.17. The Hall–Kier alpha value is -1.93. The quantitative estimate of drug-likeness (QED) is 0.765. The maximum absolute atomic E-state index is 10.8. The number of carbonyl (C=O) groups is 1. The van der Waals surface area contributed by atoms with Crippen LogP contribution in [0.15, 0.2) is 5.38 Å². The molecule has 0 spiro atoms. The van der Waals surface area contributed by atoms with Crippen LogP contribution in [-0.4, -0.2) is 65.7 Å². The smallest absolute Gasteiger partial charge is 0.228 e. The van der Waals surface area contributed by atoms with Crippen molar-refractivity contribution < 1.29 is 9.90 Å². The fourth-order valence-electron chi connectivity index (χ4n) is 2.72. The van der Waals surface area contributed by atoms with Gasteiger partial charge in [0.25, 0.3) is 0 Å². The number of rotatable bonds is 6. The van der Waals surface area contributed by atoms with Crippen LogP contribution in [0.2, 0.25) is 0 Å². The van der Waals surface area contributed by atoms with Gasteiger partial charge in [0, 0.05) is 32.7 Å². The molecule has 1 saturated heterocycles. The number of aliphatic hydroxyl groups excluding tert-OH is 1. The standard InChI is InChI=1S/C15H21N5O2S/c1-2-11-9-23-14-12(11)13(16-3-8-21)17-15(18-14)20-6-4-19(10-22)5-7-20/h9-10,21H,2-8H2,1H3,(H,16,17,18). The summed E-state index contributed by atoms with van der Waals surface area (Å²) >= 11 is 1.62. The normalized spacial score (nSPS) is 15.2. The number of piperazine rings is 1. The number of thiophene rings is 1. The summed E-state index contributed by atoms with van der Waals surface area (Å²) in [6.45, 7) is 5.48. The lowest BCUT2D eigenvalue weighted by Crippen LogP contribution is -2.46. The molecule has 124 valence electrons. The minimum absolute atomic E-state index is 0.0600. The monoisotopic (exact) mass is 335 g/mol. The lowest BCUT2D eigenvalue weighted by molar-refractivity contribution is -0.118. The SMILES string of the molecule is CCc1csc2nc(N3CCN(C=O)CC3)nc(NCCO)c12. The summed E-state index contributed by atoms with van der Waals surface area (Å²) < 4.78 is 0. The Bertz CT molecular complexity index is 682. The number of nitrogens with one attached hydrogen (secondary N) is 1. The Morgan fingerprint density at radius 2 is 2.13 bits per heavy atom. The van der Waals surface area contributed by atoms with Gasteiger partial charge in [-0.25, -0.2) is 4.98 Å². The second kappa shape index (κ2) is 7.10. The topological polar surface area (TPSA) is 81.6 Å². The molecular formula is C15H21N5O2S. The van der Waals surface area contributed by atoms with E-state index in [4.69, 9.17) is 10.1 Å². The van der Waals surface area contributed by atoms with Gasteiger partial charge in [-0.15, -0.1) is 11.3 Å². The maximum atomic E-state index is 10.8. The van der Waals surface area contributed by atoms with Crippen LogP contribution >= 0.6 is 11.3 Å². The third kappa shape index (κ3) is 3.23. The first-order valence-electron chi connectivity index (χ1n) is 7.84. The van der Waals surface area contributed by atoms with Crippen LogP contribution in [0.5, 0.6) is 0 Å². The predicted molar refractivity (Wildman–Crippen MR) is 92.2 cm³/mol. The lowest BCUT2D eigenvalue weighted by Gasteiger charge is -2.32. The molecule has 3 rings (SSSR count). The van der Waals surface area contributed by atoms with E-state index in [1.54, 1.807) is 16.2 Å². The van der Waals surface area contributed by atoms with E-state index in [0.717, 1.165) is 42.0 Å². The average Bonchev–Trinajstić information content (AvgIpc) is 3.03. The Morgan fingerprint density at radius 3 is 2.78 bits per heavy atom. The molecular weight excluding hydrogens is 314 g/mol. The first kappa shape index (κ1) is 15.9. The Morgan fingerprint density at radius 1 is 1.35 bits per heavy atom. The number of aryl methyl sites for hydroxylation is 1. The van der Waals surface area contributed by atoms with E-state index >= 15 is 0 Å². The summed E-state index contributed by atoms with van der Waals surface area (Å²) in [5, 5.41) is 15.5. The molecule has 1 amide bonds. The fourth-order valence-corrected chi connectivity index (χ4v) is 3.74. The number of aliphatic hydroxyl groups is 1. The Kier molecular flexibility index (Phi) is 4.92. The van der Waals surface area contributed by atoms with Crippen LogP contribution in [0, 0.1) is 0 Å². The van der Waals surface area contributed by atoms with Gasteiger partial charge in [-0.05, 0) is 17.4 Å². The van der Waals surface area contributed by atoms with Crippen molar-refractivity contribution >= 4 is 39.7 Å². The number of hydrogen-bond donors (Lipinski definition) is 2. The van der Waals surface area contributed by atoms with E-state index in [-0.39, 0.29) is 6.61 Å². The molecule has 8 heteroatoms. The van der Waals surface area contributed by atoms with E-state index in [1.807, 2.05) is 0 Å². The molecule has 0 radical (unpaired) electrons. The summed E-state index contributed by atoms with van der Waals surface area (Å²) in [4.78, 5) is 25.1. The van der Waals surface area contributed by atoms with Gasteiger partial charge in [-0.1, -0.05) is 6.92 Å². The van der Waals surface area contributed by atoms with Crippen LogP contribution in [0.4, 0.5) is 11.8 Å². The molecule has 1 aliphatic rings. The first-order valence-corrected chi connectivity index (χ1v) is 8.72. The third-order valence-electron chi connectivity index (χ3n) is 4.03. The average molecular weight is 335 g/mol. The van der Waals surface area contributed by atoms with Gasteiger partial charge in [-0.2, -0.15) is 4.98 Å². The molecule has 7 nitrogen and oxygen atoms in total. The molecule has 2 aromatic heterocycles. The fraction of sp³-hybridized carbons (Fsp3) is 0.533. The maximum Gasteiger partial charge on any atom is 0.228 e. The van der Waals surface area contributed by atoms with Crippen molar-refractivity contribution in [1.29, 1.82) is 0 Å². The van der Waals surface area contributed by atoms with Crippen molar-refractivity contribution in [3.8, 4) is 0 Å². The van der Waals surface area contributed by atoms with Gasteiger partial charge < -0.3 is 20.2 Å². The molecule has 23 heavy (non-hydrogen) atoms. The molecule has 2 N–H and O–H groups in total. The van der Waals surface area contributed by atoms with E-state index in [1.165, 1.54) is 5.56 Å². The van der Waals surface area contributed by atoms with Crippen molar-refractivity contribution in [1.82, 2.24) is 14.9 Å². The second-order valence-corrected chi connectivity index (χ2v) is 6.30. The Balaban J connectivity index is 1.93. The van der Waals surface area contributed by atoms with Gasteiger partial charge in [0.15, 0.2) is 0 Å². The summed E-state index contributed by atoms with van der Waals surface area (Å²) in [7, 11) is 0. The second-order valence-electron chi connectivity index (χ2n) is 5.45. The van der Waals surface area contributed by atoms with Gasteiger partial charge in [0.1, 0.15) is 10.6 Å². The Labute approximate surface area is 138 Å². The summed E-state index contributed by atoms with van der Waals surface area (Å²) in [5.74, 6) is 1.47. The number of fused-ring (bicyclic) bond motifs is 1. The summed E-state index contributed by atoms with van der Waals surface area (Å²) in [6.07, 6.45) is 1.82. The van der Waals surface area contributed by atoms with Crippen LogP contribution in [0.3, 0.4) is 0 Å². The van der Waals surface area contributed by atoms with Crippen LogP contribution < -0.4 is 10.2 Å². The zero-order valence-corrected chi connectivity index (χ0v) is 14.0. The summed E-state index contributed by atoms with van der Waals surface area (Å²) in [6, 6.07) is 0. The molecule has 2 aromatic rings. The lowest BCUT2D eigenvalue weighted by atomic mass is 10.2.